The Morgan fingerprint density at radius 2 is 1.96 bits per heavy atom. The minimum atomic E-state index is -0.298. The Balaban J connectivity index is 2.14. The number of aromatic nitrogens is 1. The first-order valence-electron chi connectivity index (χ1n) is 8.68. The van der Waals surface area contributed by atoms with Crippen molar-refractivity contribution >= 4 is 32.6 Å². The highest BCUT2D eigenvalue weighted by atomic mass is 79.9. The van der Waals surface area contributed by atoms with Crippen LogP contribution in [0.5, 0.6) is 5.75 Å². The van der Waals surface area contributed by atoms with E-state index in [2.05, 4.69) is 15.9 Å². The molecule has 0 amide bonds. The van der Waals surface area contributed by atoms with E-state index in [1.54, 1.807) is 32.3 Å². The number of para-hydroxylation sites is 1. The average Bonchev–Trinajstić information content (AvgIpc) is 3.05. The molecule has 28 heavy (non-hydrogen) atoms. The molecule has 0 aliphatic rings. The third-order valence-electron chi connectivity index (χ3n) is 4.36. The zero-order chi connectivity index (χ0) is 20.3. The number of carbonyl (C=O) groups is 1. The Kier molecular flexibility index (Phi) is 5.86. The van der Waals surface area contributed by atoms with E-state index in [1.807, 2.05) is 59.2 Å². The lowest BCUT2D eigenvalue weighted by atomic mass is 10.1. The van der Waals surface area contributed by atoms with Crippen molar-refractivity contribution in [2.24, 2.45) is 0 Å². The van der Waals surface area contributed by atoms with Gasteiger partial charge in [-0.05, 0) is 45.8 Å². The Bertz CT molecular complexity index is 1090. The van der Waals surface area contributed by atoms with Crippen molar-refractivity contribution < 1.29 is 9.53 Å². The second kappa shape index (κ2) is 8.32. The summed E-state index contributed by atoms with van der Waals surface area (Å²) in [6.07, 6.45) is 1.55. The van der Waals surface area contributed by atoms with Crippen molar-refractivity contribution in [1.82, 2.24) is 9.47 Å². The predicted molar refractivity (Wildman–Crippen MR) is 113 cm³/mol. The van der Waals surface area contributed by atoms with E-state index >= 15 is 0 Å². The van der Waals surface area contributed by atoms with Crippen LogP contribution in [0.4, 0.5) is 0 Å². The molecule has 1 aromatic heterocycles. The van der Waals surface area contributed by atoms with Gasteiger partial charge >= 0.3 is 0 Å². The van der Waals surface area contributed by atoms with Crippen molar-refractivity contribution in [3.63, 3.8) is 0 Å². The van der Waals surface area contributed by atoms with Gasteiger partial charge in [-0.15, -0.1) is 0 Å². The van der Waals surface area contributed by atoms with E-state index in [0.29, 0.717) is 12.2 Å². The first kappa shape index (κ1) is 19.7. The Morgan fingerprint density at radius 3 is 2.57 bits per heavy atom. The second-order valence-corrected chi connectivity index (χ2v) is 7.44. The molecule has 0 aliphatic heterocycles. The van der Waals surface area contributed by atoms with E-state index < -0.39 is 0 Å². The summed E-state index contributed by atoms with van der Waals surface area (Å²) in [6.45, 7) is 0.498. The fourth-order valence-corrected chi connectivity index (χ4v) is 3.67. The number of allylic oxidation sites excluding steroid dienone is 1. The van der Waals surface area contributed by atoms with Gasteiger partial charge in [-0.1, -0.05) is 24.3 Å². The molecule has 142 valence electrons. The topological polar surface area (TPSA) is 58.3 Å². The lowest BCUT2D eigenvalue weighted by Gasteiger charge is -2.12. The average molecular weight is 438 g/mol. The van der Waals surface area contributed by atoms with Crippen LogP contribution in [0.3, 0.4) is 0 Å². The van der Waals surface area contributed by atoms with Crippen LogP contribution in [-0.4, -0.2) is 36.5 Å². The van der Waals surface area contributed by atoms with Gasteiger partial charge in [-0.3, -0.25) is 4.79 Å². The van der Waals surface area contributed by atoms with Crippen molar-refractivity contribution in [1.29, 1.82) is 5.26 Å². The number of Topliss-reactive ketones (excluding diaryl/α,β-unsaturated/α-hetero) is 1. The summed E-state index contributed by atoms with van der Waals surface area (Å²) in [5.41, 5.74) is 2.52. The maximum Gasteiger partial charge on any atom is 0.221 e. The second-order valence-electron chi connectivity index (χ2n) is 6.59. The number of rotatable bonds is 6. The SMILES string of the molecule is COc1ccc(Cn2c(C(=O)/C(C#N)=C\N(C)C)cc3cccc(Br)c32)cc1. The predicted octanol–water partition coefficient (Wildman–Crippen LogP) is 4.61. The minimum Gasteiger partial charge on any atom is -0.497 e. The number of methoxy groups -OCH3 is 1. The number of hydrogen-bond donors (Lipinski definition) is 0. The molecule has 0 radical (unpaired) electrons. The van der Waals surface area contributed by atoms with Gasteiger partial charge < -0.3 is 14.2 Å². The van der Waals surface area contributed by atoms with Gasteiger partial charge in [0.1, 0.15) is 17.4 Å². The van der Waals surface area contributed by atoms with Crippen LogP contribution < -0.4 is 4.74 Å². The molecule has 3 aromatic rings. The molecule has 0 fully saturated rings. The van der Waals surface area contributed by atoms with E-state index in [1.165, 1.54) is 0 Å². The van der Waals surface area contributed by atoms with E-state index in [0.717, 1.165) is 26.7 Å². The van der Waals surface area contributed by atoms with Gasteiger partial charge in [0, 0.05) is 36.7 Å². The number of fused-ring (bicyclic) bond motifs is 1. The molecular weight excluding hydrogens is 418 g/mol. The van der Waals surface area contributed by atoms with E-state index in [-0.39, 0.29) is 11.4 Å². The highest BCUT2D eigenvalue weighted by molar-refractivity contribution is 9.10. The lowest BCUT2D eigenvalue weighted by Crippen LogP contribution is -2.14. The number of ketones is 1. The van der Waals surface area contributed by atoms with Crippen LogP contribution in [0.15, 0.2) is 64.8 Å². The summed E-state index contributed by atoms with van der Waals surface area (Å²) in [4.78, 5) is 14.8. The molecular formula is C22H20BrN3O2. The zero-order valence-corrected chi connectivity index (χ0v) is 17.5. The third-order valence-corrected chi connectivity index (χ3v) is 5.00. The quantitative estimate of drug-likeness (QED) is 0.320. The van der Waals surface area contributed by atoms with Gasteiger partial charge in [0.05, 0.1) is 18.3 Å². The highest BCUT2D eigenvalue weighted by Gasteiger charge is 2.21. The zero-order valence-electron chi connectivity index (χ0n) is 15.9. The number of carbonyl (C=O) groups excluding carboxylic acids is 1. The number of nitrogens with zero attached hydrogens (tertiary/aromatic N) is 3. The van der Waals surface area contributed by atoms with Gasteiger partial charge in [-0.25, -0.2) is 0 Å². The number of benzene rings is 2. The van der Waals surface area contributed by atoms with Crippen molar-refractivity contribution in [3.8, 4) is 11.8 Å². The van der Waals surface area contributed by atoms with Crippen molar-refractivity contribution in [2.45, 2.75) is 6.54 Å². The molecule has 0 saturated carbocycles. The number of ether oxygens (including phenoxy) is 1. The number of nitriles is 1. The maximum atomic E-state index is 13.1. The monoisotopic (exact) mass is 437 g/mol. The first-order valence-corrected chi connectivity index (χ1v) is 9.47. The van der Waals surface area contributed by atoms with Gasteiger partial charge in [0.2, 0.25) is 5.78 Å². The molecule has 0 unspecified atom stereocenters. The fraction of sp³-hybridized carbons (Fsp3) is 0.182. The van der Waals surface area contributed by atoms with Gasteiger partial charge in [-0.2, -0.15) is 5.26 Å². The molecule has 0 spiro atoms. The normalized spacial score (nSPS) is 11.3. The molecule has 0 bridgehead atoms. The Labute approximate surface area is 172 Å². The molecule has 0 saturated heterocycles. The molecule has 1 heterocycles. The third kappa shape index (κ3) is 3.95. The van der Waals surface area contributed by atoms with Gasteiger partial charge in [0.25, 0.3) is 0 Å². The summed E-state index contributed by atoms with van der Waals surface area (Å²) in [6, 6.07) is 17.4. The van der Waals surface area contributed by atoms with Gasteiger partial charge in [0.15, 0.2) is 0 Å². The number of hydrogen-bond acceptors (Lipinski definition) is 4. The summed E-state index contributed by atoms with van der Waals surface area (Å²) in [7, 11) is 5.20. The summed E-state index contributed by atoms with van der Waals surface area (Å²) >= 11 is 3.60. The fourth-order valence-electron chi connectivity index (χ4n) is 3.08. The van der Waals surface area contributed by atoms with E-state index in [9.17, 15) is 10.1 Å². The summed E-state index contributed by atoms with van der Waals surface area (Å²) < 4.78 is 8.07. The summed E-state index contributed by atoms with van der Waals surface area (Å²) in [5, 5.41) is 10.4. The molecule has 0 atom stereocenters. The van der Waals surface area contributed by atoms with Crippen molar-refractivity contribution in [3.05, 3.63) is 76.0 Å². The summed E-state index contributed by atoms with van der Waals surface area (Å²) in [5.74, 6) is 0.479. The Morgan fingerprint density at radius 1 is 1.25 bits per heavy atom. The Hall–Kier alpha value is -3.04. The molecule has 3 rings (SSSR count). The molecule has 0 N–H and O–H groups in total. The molecule has 6 heteroatoms. The van der Waals surface area contributed by atoms with Crippen LogP contribution in [-0.2, 0) is 6.54 Å². The van der Waals surface area contributed by atoms with Crippen LogP contribution in [0.25, 0.3) is 10.9 Å². The van der Waals surface area contributed by atoms with Crippen LogP contribution in [0, 0.1) is 11.3 Å². The van der Waals surface area contributed by atoms with Crippen LogP contribution in [0.1, 0.15) is 16.1 Å². The highest BCUT2D eigenvalue weighted by Crippen LogP contribution is 2.29. The largest absolute Gasteiger partial charge is 0.497 e. The lowest BCUT2D eigenvalue weighted by molar-refractivity contribution is 0.103. The molecule has 2 aromatic carbocycles. The van der Waals surface area contributed by atoms with Crippen molar-refractivity contribution in [2.75, 3.05) is 21.2 Å². The first-order chi connectivity index (χ1) is 13.4. The van der Waals surface area contributed by atoms with Crippen LogP contribution >= 0.6 is 15.9 Å². The smallest absolute Gasteiger partial charge is 0.221 e. The standard InChI is InChI=1S/C22H20BrN3O2/c1-25(2)14-17(12-24)22(27)20-11-16-5-4-6-19(23)21(16)26(20)13-15-7-9-18(28-3)10-8-15/h4-11,14H,13H2,1-3H3/b17-14-. The van der Waals surface area contributed by atoms with E-state index in [4.69, 9.17) is 4.74 Å². The minimum absolute atomic E-state index is 0.0971. The molecule has 5 nitrogen and oxygen atoms in total. The van der Waals surface area contributed by atoms with Crippen LogP contribution in [0.2, 0.25) is 0 Å². The maximum absolute atomic E-state index is 13.1. The number of halogens is 1. The molecule has 0 aliphatic carbocycles.